The molecule has 0 aliphatic carbocycles. The fraction of sp³-hybridized carbons (Fsp3) is 0.444. The highest BCUT2D eigenvalue weighted by Gasteiger charge is 2.22. The summed E-state index contributed by atoms with van der Waals surface area (Å²) in [6.45, 7) is 5.29. The molecule has 0 saturated carbocycles. The first-order valence-corrected chi connectivity index (χ1v) is 4.21. The number of carbonyl (C=O) groups is 1. The van der Waals surface area contributed by atoms with Crippen LogP contribution in [0.1, 0.15) is 20.8 Å². The van der Waals surface area contributed by atoms with Gasteiger partial charge < -0.3 is 9.15 Å². The third-order valence-electron chi connectivity index (χ3n) is 1.33. The van der Waals surface area contributed by atoms with Crippen molar-refractivity contribution >= 4 is 12.0 Å². The Morgan fingerprint density at radius 1 is 1.57 bits per heavy atom. The number of nitrogens with two attached hydrogens (primary N) is 1. The molecule has 2 N–H and O–H groups in total. The van der Waals surface area contributed by atoms with Gasteiger partial charge in [0.15, 0.2) is 0 Å². The van der Waals surface area contributed by atoms with E-state index in [1.165, 1.54) is 6.26 Å². The van der Waals surface area contributed by atoms with Crippen LogP contribution in [0.25, 0.3) is 0 Å². The van der Waals surface area contributed by atoms with E-state index < -0.39 is 11.7 Å². The Morgan fingerprint density at radius 2 is 2.21 bits per heavy atom. The second-order valence-electron chi connectivity index (χ2n) is 3.80. The molecule has 0 unspecified atom stereocenters. The van der Waals surface area contributed by atoms with Crippen molar-refractivity contribution in [3.05, 3.63) is 18.4 Å². The smallest absolute Gasteiger partial charge is 0.431 e. The van der Waals surface area contributed by atoms with Crippen LogP contribution >= 0.6 is 0 Å². The number of rotatable bonds is 1. The maximum Gasteiger partial charge on any atom is 0.431 e. The van der Waals surface area contributed by atoms with Gasteiger partial charge in [0.25, 0.3) is 0 Å². The molecule has 1 aromatic heterocycles. The number of amides is 1. The zero-order valence-corrected chi connectivity index (χ0v) is 8.48. The molecule has 1 heterocycles. The van der Waals surface area contributed by atoms with E-state index in [0.717, 1.165) is 5.01 Å². The maximum atomic E-state index is 11.4. The van der Waals surface area contributed by atoms with Gasteiger partial charge in [-0.05, 0) is 26.8 Å². The van der Waals surface area contributed by atoms with Crippen LogP contribution in [0.2, 0.25) is 0 Å². The van der Waals surface area contributed by atoms with E-state index in [-0.39, 0.29) is 5.88 Å². The van der Waals surface area contributed by atoms with E-state index >= 15 is 0 Å². The van der Waals surface area contributed by atoms with E-state index in [1.54, 1.807) is 32.9 Å². The lowest BCUT2D eigenvalue weighted by molar-refractivity contribution is 0.0574. The summed E-state index contributed by atoms with van der Waals surface area (Å²) < 4.78 is 9.96. The van der Waals surface area contributed by atoms with Crippen molar-refractivity contribution in [1.29, 1.82) is 0 Å². The predicted octanol–water partition coefficient (Wildman–Crippen LogP) is 1.89. The summed E-state index contributed by atoms with van der Waals surface area (Å²) in [5.74, 6) is 5.70. The molecule has 14 heavy (non-hydrogen) atoms. The molecule has 1 amide bonds. The monoisotopic (exact) mass is 198 g/mol. The summed E-state index contributed by atoms with van der Waals surface area (Å²) in [6, 6.07) is 3.21. The molecule has 78 valence electrons. The fourth-order valence-electron chi connectivity index (χ4n) is 0.808. The van der Waals surface area contributed by atoms with Crippen molar-refractivity contribution in [2.45, 2.75) is 26.4 Å². The van der Waals surface area contributed by atoms with E-state index in [2.05, 4.69) is 0 Å². The standard InChI is InChI=1S/C9H14N2O3/c1-9(2,3)14-8(12)11(10)7-5-4-6-13-7/h4-6H,10H2,1-3H3. The highest BCUT2D eigenvalue weighted by atomic mass is 16.6. The van der Waals surface area contributed by atoms with Crippen LogP contribution in [0.15, 0.2) is 22.8 Å². The van der Waals surface area contributed by atoms with Crippen molar-refractivity contribution in [3.63, 3.8) is 0 Å². The molecule has 0 atom stereocenters. The lowest BCUT2D eigenvalue weighted by atomic mass is 10.2. The van der Waals surface area contributed by atoms with E-state index in [0.29, 0.717) is 0 Å². The molecule has 0 fully saturated rings. The first-order chi connectivity index (χ1) is 6.40. The molecule has 0 spiro atoms. The molecule has 1 rings (SSSR count). The Balaban J connectivity index is 2.63. The number of nitrogens with zero attached hydrogens (tertiary/aromatic N) is 1. The zero-order chi connectivity index (χ0) is 10.8. The Kier molecular flexibility index (Phi) is 2.81. The SMILES string of the molecule is CC(C)(C)OC(=O)N(N)c1ccco1. The average Bonchev–Trinajstić information content (AvgIpc) is 2.51. The summed E-state index contributed by atoms with van der Waals surface area (Å²) in [4.78, 5) is 11.4. The van der Waals surface area contributed by atoms with Gasteiger partial charge in [0.05, 0.1) is 6.26 Å². The van der Waals surface area contributed by atoms with Crippen LogP contribution in [0.3, 0.4) is 0 Å². The van der Waals surface area contributed by atoms with Gasteiger partial charge in [0.1, 0.15) is 5.60 Å². The second kappa shape index (κ2) is 3.71. The summed E-state index contributed by atoms with van der Waals surface area (Å²) in [7, 11) is 0. The molecule has 1 aromatic rings. The number of hydrogen-bond acceptors (Lipinski definition) is 4. The van der Waals surface area contributed by atoms with Gasteiger partial charge in [0, 0.05) is 6.07 Å². The number of furan rings is 1. The largest absolute Gasteiger partial charge is 0.447 e. The normalized spacial score (nSPS) is 11.1. The van der Waals surface area contributed by atoms with Crippen molar-refractivity contribution in [2.75, 3.05) is 5.01 Å². The van der Waals surface area contributed by atoms with Crippen LogP contribution in [0, 0.1) is 0 Å². The average molecular weight is 198 g/mol. The van der Waals surface area contributed by atoms with Crippen LogP contribution in [0.5, 0.6) is 0 Å². The second-order valence-corrected chi connectivity index (χ2v) is 3.80. The number of hydrogen-bond donors (Lipinski definition) is 1. The number of anilines is 1. The quantitative estimate of drug-likeness (QED) is 0.425. The lowest BCUT2D eigenvalue weighted by Gasteiger charge is -2.22. The molecule has 0 aromatic carbocycles. The van der Waals surface area contributed by atoms with Gasteiger partial charge in [-0.3, -0.25) is 0 Å². The van der Waals surface area contributed by atoms with Gasteiger partial charge in [-0.25, -0.2) is 10.6 Å². The van der Waals surface area contributed by atoms with Gasteiger partial charge in [-0.1, -0.05) is 0 Å². The van der Waals surface area contributed by atoms with Crippen molar-refractivity contribution in [3.8, 4) is 0 Å². The first-order valence-electron chi connectivity index (χ1n) is 4.21. The minimum atomic E-state index is -0.646. The van der Waals surface area contributed by atoms with Gasteiger partial charge in [0.2, 0.25) is 5.88 Å². The first kappa shape index (κ1) is 10.6. The molecule has 5 heteroatoms. The van der Waals surface area contributed by atoms with Crippen LogP contribution in [-0.2, 0) is 4.74 Å². The molecule has 0 bridgehead atoms. The molecule has 0 radical (unpaired) electrons. The third-order valence-corrected chi connectivity index (χ3v) is 1.33. The molecule has 5 nitrogen and oxygen atoms in total. The topological polar surface area (TPSA) is 68.7 Å². The lowest BCUT2D eigenvalue weighted by Crippen LogP contribution is -2.41. The molecule has 0 saturated heterocycles. The zero-order valence-electron chi connectivity index (χ0n) is 8.48. The predicted molar refractivity (Wildman–Crippen MR) is 51.6 cm³/mol. The Hall–Kier alpha value is -1.49. The summed E-state index contributed by atoms with van der Waals surface area (Å²) >= 11 is 0. The van der Waals surface area contributed by atoms with Crippen molar-refractivity contribution in [2.24, 2.45) is 5.84 Å². The third kappa shape index (κ3) is 2.77. The van der Waals surface area contributed by atoms with E-state index in [4.69, 9.17) is 15.0 Å². The highest BCUT2D eigenvalue weighted by Crippen LogP contribution is 2.15. The number of hydrazine groups is 1. The Bertz CT molecular complexity index is 300. The molecular formula is C9H14N2O3. The molecular weight excluding hydrogens is 184 g/mol. The Morgan fingerprint density at radius 3 is 2.64 bits per heavy atom. The fourth-order valence-corrected chi connectivity index (χ4v) is 0.808. The maximum absolute atomic E-state index is 11.4. The number of carbonyl (C=O) groups excluding carboxylic acids is 1. The highest BCUT2D eigenvalue weighted by molar-refractivity contribution is 5.84. The van der Waals surface area contributed by atoms with Gasteiger partial charge in [-0.2, -0.15) is 5.01 Å². The minimum Gasteiger partial charge on any atom is -0.447 e. The van der Waals surface area contributed by atoms with Crippen LogP contribution < -0.4 is 10.9 Å². The summed E-state index contributed by atoms with van der Waals surface area (Å²) in [5.41, 5.74) is -0.568. The molecule has 0 aliphatic rings. The van der Waals surface area contributed by atoms with Crippen molar-refractivity contribution in [1.82, 2.24) is 0 Å². The van der Waals surface area contributed by atoms with Gasteiger partial charge in [-0.15, -0.1) is 0 Å². The number of ether oxygens (including phenoxy) is 1. The summed E-state index contributed by atoms with van der Waals surface area (Å²) in [6.07, 6.45) is 0.784. The molecule has 0 aliphatic heterocycles. The van der Waals surface area contributed by atoms with Crippen molar-refractivity contribution < 1.29 is 13.9 Å². The van der Waals surface area contributed by atoms with Crippen LogP contribution in [0.4, 0.5) is 10.7 Å². The van der Waals surface area contributed by atoms with Crippen LogP contribution in [-0.4, -0.2) is 11.7 Å². The van der Waals surface area contributed by atoms with Gasteiger partial charge >= 0.3 is 6.09 Å². The van der Waals surface area contributed by atoms with E-state index in [9.17, 15) is 4.79 Å². The van der Waals surface area contributed by atoms with E-state index in [1.807, 2.05) is 0 Å². The minimum absolute atomic E-state index is 0.249. The summed E-state index contributed by atoms with van der Waals surface area (Å²) in [5, 5.41) is 0.825. The Labute approximate surface area is 82.4 Å².